The SMILES string of the molecule is CC(C)OOC(=O)c1nc(Cl)c2ccccc2c1O. The highest BCUT2D eigenvalue weighted by molar-refractivity contribution is 6.34. The predicted octanol–water partition coefficient (Wildman–Crippen LogP) is 3.09. The van der Waals surface area contributed by atoms with Crippen LogP contribution in [0, 0.1) is 0 Å². The molecule has 0 saturated carbocycles. The number of hydrogen-bond acceptors (Lipinski definition) is 5. The normalized spacial score (nSPS) is 10.9. The molecule has 0 radical (unpaired) electrons. The number of rotatable bonds is 3. The van der Waals surface area contributed by atoms with Crippen molar-refractivity contribution in [3.8, 4) is 5.75 Å². The highest BCUT2D eigenvalue weighted by Crippen LogP contribution is 2.32. The second-order valence-corrected chi connectivity index (χ2v) is 4.52. The monoisotopic (exact) mass is 281 g/mol. The van der Waals surface area contributed by atoms with E-state index in [0.29, 0.717) is 10.8 Å². The van der Waals surface area contributed by atoms with Gasteiger partial charge in [0.25, 0.3) is 0 Å². The van der Waals surface area contributed by atoms with Crippen LogP contribution in [-0.4, -0.2) is 22.2 Å². The largest absolute Gasteiger partial charge is 0.505 e. The van der Waals surface area contributed by atoms with Crippen LogP contribution in [-0.2, 0) is 9.78 Å². The van der Waals surface area contributed by atoms with Gasteiger partial charge >= 0.3 is 5.97 Å². The molecule has 2 rings (SSSR count). The lowest BCUT2D eigenvalue weighted by Gasteiger charge is -2.09. The molecule has 5 nitrogen and oxygen atoms in total. The zero-order chi connectivity index (χ0) is 14.0. The van der Waals surface area contributed by atoms with E-state index in [1.165, 1.54) is 0 Å². The fourth-order valence-corrected chi connectivity index (χ4v) is 1.78. The van der Waals surface area contributed by atoms with Gasteiger partial charge in [-0.2, -0.15) is 4.89 Å². The maximum absolute atomic E-state index is 11.7. The third-order valence-electron chi connectivity index (χ3n) is 2.35. The van der Waals surface area contributed by atoms with Crippen LogP contribution in [0.4, 0.5) is 0 Å². The number of fused-ring (bicyclic) bond motifs is 1. The third kappa shape index (κ3) is 2.77. The molecule has 0 bridgehead atoms. The van der Waals surface area contributed by atoms with Crippen molar-refractivity contribution in [3.05, 3.63) is 35.1 Å². The van der Waals surface area contributed by atoms with Gasteiger partial charge in [0, 0.05) is 10.8 Å². The molecule has 0 aliphatic heterocycles. The van der Waals surface area contributed by atoms with Crippen LogP contribution < -0.4 is 0 Å². The minimum absolute atomic E-state index is 0.116. The Kier molecular flexibility index (Phi) is 3.87. The summed E-state index contributed by atoms with van der Waals surface area (Å²) in [6.45, 7) is 3.40. The molecular formula is C13H12ClNO4. The van der Waals surface area contributed by atoms with Crippen molar-refractivity contribution in [2.75, 3.05) is 0 Å². The van der Waals surface area contributed by atoms with Gasteiger partial charge in [-0.25, -0.2) is 9.78 Å². The molecular weight excluding hydrogens is 270 g/mol. The van der Waals surface area contributed by atoms with E-state index in [2.05, 4.69) is 9.87 Å². The Hall–Kier alpha value is -1.85. The summed E-state index contributed by atoms with van der Waals surface area (Å²) in [5.41, 5.74) is -0.274. The number of carbonyl (C=O) groups excluding carboxylic acids is 1. The Labute approximate surface area is 114 Å². The summed E-state index contributed by atoms with van der Waals surface area (Å²) in [7, 11) is 0. The average Bonchev–Trinajstić information content (AvgIpc) is 2.40. The van der Waals surface area contributed by atoms with Crippen molar-refractivity contribution in [3.63, 3.8) is 0 Å². The number of hydrogen-bond donors (Lipinski definition) is 1. The van der Waals surface area contributed by atoms with Crippen molar-refractivity contribution >= 4 is 28.3 Å². The maximum Gasteiger partial charge on any atom is 0.395 e. The minimum Gasteiger partial charge on any atom is -0.505 e. The van der Waals surface area contributed by atoms with Gasteiger partial charge in [0.05, 0.1) is 6.10 Å². The zero-order valence-electron chi connectivity index (χ0n) is 10.4. The molecule has 1 heterocycles. The highest BCUT2D eigenvalue weighted by atomic mass is 35.5. The van der Waals surface area contributed by atoms with Crippen molar-refractivity contribution in [1.29, 1.82) is 0 Å². The first-order chi connectivity index (χ1) is 9.00. The summed E-state index contributed by atoms with van der Waals surface area (Å²) >= 11 is 5.97. The van der Waals surface area contributed by atoms with E-state index in [9.17, 15) is 9.90 Å². The van der Waals surface area contributed by atoms with E-state index in [1.54, 1.807) is 38.1 Å². The molecule has 0 saturated heterocycles. The molecule has 1 aromatic carbocycles. The molecule has 6 heteroatoms. The van der Waals surface area contributed by atoms with Crippen molar-refractivity contribution < 1.29 is 19.7 Å². The molecule has 1 N–H and O–H groups in total. The van der Waals surface area contributed by atoms with Gasteiger partial charge in [-0.3, -0.25) is 4.89 Å². The summed E-state index contributed by atoms with van der Waals surface area (Å²) in [6.07, 6.45) is -0.290. The molecule has 0 atom stereocenters. The lowest BCUT2D eigenvalue weighted by atomic mass is 10.1. The smallest absolute Gasteiger partial charge is 0.395 e. The van der Waals surface area contributed by atoms with Crippen LogP contribution in [0.25, 0.3) is 10.8 Å². The molecule has 0 amide bonds. The number of nitrogens with zero attached hydrogens (tertiary/aromatic N) is 1. The van der Waals surface area contributed by atoms with Crippen LogP contribution in [0.1, 0.15) is 24.3 Å². The molecule has 2 aromatic rings. The number of halogens is 1. The Bertz CT molecular complexity index is 627. The second kappa shape index (κ2) is 5.42. The van der Waals surface area contributed by atoms with E-state index in [-0.39, 0.29) is 22.7 Å². The topological polar surface area (TPSA) is 68.7 Å². The molecule has 0 aliphatic rings. The number of carbonyl (C=O) groups is 1. The zero-order valence-corrected chi connectivity index (χ0v) is 11.1. The van der Waals surface area contributed by atoms with Gasteiger partial charge < -0.3 is 5.11 Å². The minimum atomic E-state index is -0.890. The van der Waals surface area contributed by atoms with Crippen molar-refractivity contribution in [2.45, 2.75) is 20.0 Å². The molecule has 0 aliphatic carbocycles. The van der Waals surface area contributed by atoms with Crippen molar-refractivity contribution in [2.24, 2.45) is 0 Å². The Morgan fingerprint density at radius 1 is 1.32 bits per heavy atom. The number of benzene rings is 1. The van der Waals surface area contributed by atoms with Gasteiger partial charge in [0.2, 0.25) is 0 Å². The van der Waals surface area contributed by atoms with Crippen LogP contribution in [0.5, 0.6) is 5.75 Å². The second-order valence-electron chi connectivity index (χ2n) is 4.16. The number of pyridine rings is 1. The standard InChI is InChI=1S/C13H12ClNO4/c1-7(2)18-19-13(17)10-11(16)8-5-3-4-6-9(8)12(14)15-10/h3-7,16H,1-2H3. The first-order valence-electron chi connectivity index (χ1n) is 5.65. The Morgan fingerprint density at radius 2 is 1.95 bits per heavy atom. The summed E-state index contributed by atoms with van der Waals surface area (Å²) in [5, 5.41) is 11.1. The van der Waals surface area contributed by atoms with Crippen LogP contribution in [0.3, 0.4) is 0 Å². The molecule has 0 unspecified atom stereocenters. The molecule has 100 valence electrons. The van der Waals surface area contributed by atoms with Gasteiger partial charge in [-0.1, -0.05) is 35.9 Å². The molecule has 0 spiro atoms. The summed E-state index contributed by atoms with van der Waals surface area (Å²) < 4.78 is 0. The van der Waals surface area contributed by atoms with E-state index >= 15 is 0 Å². The van der Waals surface area contributed by atoms with Crippen molar-refractivity contribution in [1.82, 2.24) is 4.98 Å². The summed E-state index contributed by atoms with van der Waals surface area (Å²) in [5.74, 6) is -1.17. The summed E-state index contributed by atoms with van der Waals surface area (Å²) in [6, 6.07) is 6.82. The first-order valence-corrected chi connectivity index (χ1v) is 6.03. The maximum atomic E-state index is 11.7. The Morgan fingerprint density at radius 3 is 2.58 bits per heavy atom. The molecule has 19 heavy (non-hydrogen) atoms. The predicted molar refractivity (Wildman–Crippen MR) is 70.1 cm³/mol. The fourth-order valence-electron chi connectivity index (χ4n) is 1.53. The van der Waals surface area contributed by atoms with Crippen LogP contribution in [0.15, 0.2) is 24.3 Å². The van der Waals surface area contributed by atoms with Gasteiger partial charge in [-0.05, 0) is 13.8 Å². The Balaban J connectivity index is 2.44. The summed E-state index contributed by atoms with van der Waals surface area (Å²) in [4.78, 5) is 24.9. The lowest BCUT2D eigenvalue weighted by Crippen LogP contribution is -2.12. The van der Waals surface area contributed by atoms with Crippen LogP contribution in [0.2, 0.25) is 5.15 Å². The van der Waals surface area contributed by atoms with E-state index in [4.69, 9.17) is 16.5 Å². The third-order valence-corrected chi connectivity index (χ3v) is 2.64. The number of aromatic nitrogens is 1. The molecule has 0 fully saturated rings. The van der Waals surface area contributed by atoms with E-state index in [0.717, 1.165) is 0 Å². The average molecular weight is 282 g/mol. The van der Waals surface area contributed by atoms with Gasteiger partial charge in [0.1, 0.15) is 5.15 Å². The van der Waals surface area contributed by atoms with E-state index < -0.39 is 5.97 Å². The van der Waals surface area contributed by atoms with Gasteiger partial charge in [0.15, 0.2) is 11.4 Å². The molecule has 1 aromatic heterocycles. The fraction of sp³-hybridized carbons (Fsp3) is 0.231. The highest BCUT2D eigenvalue weighted by Gasteiger charge is 2.20. The quantitative estimate of drug-likeness (QED) is 0.532. The van der Waals surface area contributed by atoms with Gasteiger partial charge in [-0.15, -0.1) is 0 Å². The lowest BCUT2D eigenvalue weighted by molar-refractivity contribution is -0.265. The number of aromatic hydroxyl groups is 1. The van der Waals surface area contributed by atoms with Crippen LogP contribution >= 0.6 is 11.6 Å². The first kappa shape index (κ1) is 13.6. The van der Waals surface area contributed by atoms with E-state index in [1.807, 2.05) is 0 Å².